The maximum atomic E-state index is 13.8. The summed E-state index contributed by atoms with van der Waals surface area (Å²) in [5, 5.41) is 2.94. The van der Waals surface area contributed by atoms with E-state index >= 15 is 0 Å². The van der Waals surface area contributed by atoms with Gasteiger partial charge in [-0.15, -0.1) is 0 Å². The molecule has 1 unspecified atom stereocenters. The number of rotatable bonds is 3. The van der Waals surface area contributed by atoms with Gasteiger partial charge >= 0.3 is 0 Å². The van der Waals surface area contributed by atoms with E-state index < -0.39 is 23.9 Å². The number of hydrogen-bond donors (Lipinski definition) is 1. The van der Waals surface area contributed by atoms with E-state index in [1.807, 2.05) is 47.5 Å². The molecule has 3 aromatic carbocycles. The highest BCUT2D eigenvalue weighted by Crippen LogP contribution is 2.53. The Bertz CT molecular complexity index is 1450. The number of anilines is 2. The second-order valence-corrected chi connectivity index (χ2v) is 9.24. The first-order chi connectivity index (χ1) is 17.6. The van der Waals surface area contributed by atoms with Gasteiger partial charge in [0.25, 0.3) is 0 Å². The SMILES string of the molecule is O=C(Nc1ccc2c(c1)OCO2)[C@H]1[C@H]2C(=O)N(c3ccccc3)C(=O)[C@H]2C2c3ccccc3C=CN21. The third-order valence-electron chi connectivity index (χ3n) is 7.38. The Balaban J connectivity index is 1.30. The lowest BCUT2D eigenvalue weighted by molar-refractivity contribution is -0.128. The lowest BCUT2D eigenvalue weighted by atomic mass is 9.84. The van der Waals surface area contributed by atoms with Gasteiger partial charge in [-0.25, -0.2) is 4.90 Å². The Morgan fingerprint density at radius 3 is 2.47 bits per heavy atom. The van der Waals surface area contributed by atoms with Gasteiger partial charge in [0.05, 0.1) is 23.6 Å². The van der Waals surface area contributed by atoms with Crippen molar-refractivity contribution in [2.45, 2.75) is 12.1 Å². The van der Waals surface area contributed by atoms with Crippen LogP contribution in [0.25, 0.3) is 6.08 Å². The monoisotopic (exact) mass is 479 g/mol. The Hall–Kier alpha value is -4.59. The molecule has 0 saturated carbocycles. The smallest absolute Gasteiger partial charge is 0.247 e. The predicted octanol–water partition coefficient (Wildman–Crippen LogP) is 3.57. The number of nitrogens with one attached hydrogen (secondary N) is 1. The van der Waals surface area contributed by atoms with Crippen LogP contribution in [0.1, 0.15) is 17.2 Å². The summed E-state index contributed by atoms with van der Waals surface area (Å²) in [5.74, 6) is -1.35. The van der Waals surface area contributed by atoms with E-state index in [9.17, 15) is 14.4 Å². The van der Waals surface area contributed by atoms with Crippen molar-refractivity contribution in [2.24, 2.45) is 11.8 Å². The molecule has 4 atom stereocenters. The van der Waals surface area contributed by atoms with Crippen molar-refractivity contribution in [2.75, 3.05) is 17.0 Å². The number of hydrogen-bond acceptors (Lipinski definition) is 6. The summed E-state index contributed by atoms with van der Waals surface area (Å²) < 4.78 is 10.8. The molecule has 8 nitrogen and oxygen atoms in total. The summed E-state index contributed by atoms with van der Waals surface area (Å²) in [5.41, 5.74) is 2.96. The molecule has 0 aromatic heterocycles. The molecule has 0 bridgehead atoms. The van der Waals surface area contributed by atoms with Gasteiger partial charge in [-0.2, -0.15) is 0 Å². The van der Waals surface area contributed by atoms with Gasteiger partial charge in [-0.05, 0) is 41.5 Å². The first-order valence-corrected chi connectivity index (χ1v) is 11.8. The van der Waals surface area contributed by atoms with Crippen molar-refractivity contribution in [3.05, 3.63) is 90.1 Å². The average Bonchev–Trinajstić information content (AvgIpc) is 3.57. The number of ether oxygens (including phenoxy) is 2. The molecule has 0 spiro atoms. The van der Waals surface area contributed by atoms with Crippen LogP contribution < -0.4 is 19.7 Å². The van der Waals surface area contributed by atoms with Gasteiger partial charge < -0.3 is 19.7 Å². The Morgan fingerprint density at radius 1 is 0.861 bits per heavy atom. The molecule has 0 aliphatic carbocycles. The highest BCUT2D eigenvalue weighted by molar-refractivity contribution is 6.24. The summed E-state index contributed by atoms with van der Waals surface area (Å²) >= 11 is 0. The average molecular weight is 479 g/mol. The summed E-state index contributed by atoms with van der Waals surface area (Å²) in [6, 6.07) is 20.6. The normalized spacial score (nSPS) is 25.0. The molecule has 4 aliphatic rings. The van der Waals surface area contributed by atoms with Crippen LogP contribution in [-0.4, -0.2) is 35.5 Å². The van der Waals surface area contributed by atoms with Crippen molar-refractivity contribution in [1.82, 2.24) is 4.90 Å². The van der Waals surface area contributed by atoms with Crippen molar-refractivity contribution >= 4 is 35.2 Å². The zero-order valence-electron chi connectivity index (χ0n) is 19.0. The molecule has 4 heterocycles. The quantitative estimate of drug-likeness (QED) is 0.578. The maximum absolute atomic E-state index is 13.8. The minimum atomic E-state index is -0.861. The number of para-hydroxylation sites is 1. The van der Waals surface area contributed by atoms with Gasteiger partial charge in [0, 0.05) is 18.0 Å². The van der Waals surface area contributed by atoms with Gasteiger partial charge in [0.1, 0.15) is 6.04 Å². The molecule has 2 fully saturated rings. The molecule has 0 radical (unpaired) electrons. The molecule has 7 rings (SSSR count). The first kappa shape index (κ1) is 20.8. The number of carbonyl (C=O) groups is 3. The van der Waals surface area contributed by atoms with Gasteiger partial charge in [0.15, 0.2) is 11.5 Å². The molecular formula is C28H21N3O5. The van der Waals surface area contributed by atoms with Crippen LogP contribution in [0.15, 0.2) is 79.0 Å². The summed E-state index contributed by atoms with van der Waals surface area (Å²) in [6.07, 6.45) is 3.76. The van der Waals surface area contributed by atoms with Crippen molar-refractivity contribution < 1.29 is 23.9 Å². The number of fused-ring (bicyclic) bond motifs is 6. The molecule has 36 heavy (non-hydrogen) atoms. The van der Waals surface area contributed by atoms with E-state index in [4.69, 9.17) is 9.47 Å². The molecule has 4 aliphatic heterocycles. The summed E-state index contributed by atoms with van der Waals surface area (Å²) in [4.78, 5) is 44.5. The first-order valence-electron chi connectivity index (χ1n) is 11.8. The van der Waals surface area contributed by atoms with Crippen LogP contribution >= 0.6 is 0 Å². The molecule has 1 N–H and O–H groups in total. The van der Waals surface area contributed by atoms with E-state index in [2.05, 4.69) is 5.32 Å². The largest absolute Gasteiger partial charge is 0.454 e. The Morgan fingerprint density at radius 2 is 1.61 bits per heavy atom. The molecule has 8 heteroatoms. The fourth-order valence-electron chi connectivity index (χ4n) is 5.88. The van der Waals surface area contributed by atoms with Crippen LogP contribution in [0.5, 0.6) is 11.5 Å². The van der Waals surface area contributed by atoms with Crippen LogP contribution in [0.2, 0.25) is 0 Å². The highest BCUT2D eigenvalue weighted by atomic mass is 16.7. The molecule has 3 amide bonds. The van der Waals surface area contributed by atoms with Gasteiger partial charge in [-0.3, -0.25) is 14.4 Å². The fourth-order valence-corrected chi connectivity index (χ4v) is 5.88. The van der Waals surface area contributed by atoms with E-state index in [1.54, 1.807) is 42.5 Å². The zero-order chi connectivity index (χ0) is 24.4. The third-order valence-corrected chi connectivity index (χ3v) is 7.38. The van der Waals surface area contributed by atoms with E-state index in [1.165, 1.54) is 4.90 Å². The summed E-state index contributed by atoms with van der Waals surface area (Å²) in [7, 11) is 0. The van der Waals surface area contributed by atoms with Crippen LogP contribution in [0.3, 0.4) is 0 Å². The minimum Gasteiger partial charge on any atom is -0.454 e. The number of imide groups is 1. The third kappa shape index (κ3) is 2.90. The fraction of sp³-hybridized carbons (Fsp3) is 0.179. The van der Waals surface area contributed by atoms with E-state index in [0.29, 0.717) is 22.9 Å². The number of carbonyl (C=O) groups excluding carboxylic acids is 3. The second-order valence-electron chi connectivity index (χ2n) is 9.24. The molecule has 178 valence electrons. The van der Waals surface area contributed by atoms with E-state index in [-0.39, 0.29) is 24.5 Å². The van der Waals surface area contributed by atoms with Crippen LogP contribution in [0, 0.1) is 11.8 Å². The minimum absolute atomic E-state index is 0.130. The molecule has 3 aromatic rings. The lowest BCUT2D eigenvalue weighted by Gasteiger charge is -2.35. The van der Waals surface area contributed by atoms with Gasteiger partial charge in [-0.1, -0.05) is 42.5 Å². The maximum Gasteiger partial charge on any atom is 0.247 e. The number of nitrogens with zero attached hydrogens (tertiary/aromatic N) is 2. The molecule has 2 saturated heterocycles. The van der Waals surface area contributed by atoms with E-state index in [0.717, 1.165) is 11.1 Å². The van der Waals surface area contributed by atoms with Crippen LogP contribution in [0.4, 0.5) is 11.4 Å². The lowest BCUT2D eigenvalue weighted by Crippen LogP contribution is -2.46. The topological polar surface area (TPSA) is 88.2 Å². The molecular weight excluding hydrogens is 458 g/mol. The summed E-state index contributed by atoms with van der Waals surface area (Å²) in [6.45, 7) is 0.130. The Labute approximate surface area is 206 Å². The predicted molar refractivity (Wildman–Crippen MR) is 131 cm³/mol. The van der Waals surface area contributed by atoms with Crippen molar-refractivity contribution in [3.63, 3.8) is 0 Å². The van der Waals surface area contributed by atoms with Crippen molar-refractivity contribution in [1.29, 1.82) is 0 Å². The Kier molecular flexibility index (Phi) is 4.44. The highest BCUT2D eigenvalue weighted by Gasteiger charge is 2.64. The number of amides is 3. The van der Waals surface area contributed by atoms with Crippen molar-refractivity contribution in [3.8, 4) is 11.5 Å². The second kappa shape index (κ2) is 7.71. The number of benzene rings is 3. The zero-order valence-corrected chi connectivity index (χ0v) is 19.0. The van der Waals surface area contributed by atoms with Crippen LogP contribution in [-0.2, 0) is 14.4 Å². The standard InChI is InChI=1S/C28H21N3O5/c32-26(29-17-10-11-20-21(14-17)36-15-35-20)25-23-22(24-19-9-5-4-6-16(19)12-13-30(24)25)27(33)31(28(23)34)18-7-2-1-3-8-18/h1-14,22-25H,15H2,(H,29,32)/t22-,23+,24?,25-/m1/s1. The van der Waals surface area contributed by atoms with Gasteiger partial charge in [0.2, 0.25) is 24.5 Å².